The van der Waals surface area contributed by atoms with Gasteiger partial charge in [0.15, 0.2) is 0 Å². The molecule has 4 nitrogen and oxygen atoms in total. The molecule has 0 aliphatic rings. The first kappa shape index (κ1) is 51.0. The summed E-state index contributed by atoms with van der Waals surface area (Å²) in [4.78, 5) is 20.8. The van der Waals surface area contributed by atoms with Crippen molar-refractivity contribution in [3.63, 3.8) is 0 Å². The van der Waals surface area contributed by atoms with E-state index in [1.807, 2.05) is 0 Å². The Bertz CT molecular complexity index is 634. The Morgan fingerprint density at radius 2 is 0.360 bits per heavy atom. The lowest BCUT2D eigenvalue weighted by Crippen LogP contribution is -1.93. The fourth-order valence-corrected chi connectivity index (χ4v) is 7.06. The second kappa shape index (κ2) is 47.9. The number of aliphatic carboxylic acids is 2. The van der Waals surface area contributed by atoms with Crippen LogP contribution in [0.2, 0.25) is 0 Å². The Kier molecular flexibility index (Phi) is 48.9. The molecular weight excluding hydrogens is 617 g/mol. The first-order valence-corrected chi connectivity index (χ1v) is 23.0. The summed E-state index contributed by atoms with van der Waals surface area (Å²) in [6, 6.07) is 0. The van der Waals surface area contributed by atoms with Crippen LogP contribution in [0.3, 0.4) is 0 Å². The number of hydrogen-bond acceptors (Lipinski definition) is 2. The Hall–Kier alpha value is -1.06. The zero-order valence-corrected chi connectivity index (χ0v) is 34.4. The molecule has 0 spiro atoms. The van der Waals surface area contributed by atoms with E-state index in [1.165, 1.54) is 231 Å². The van der Waals surface area contributed by atoms with E-state index in [2.05, 4.69) is 13.8 Å². The highest BCUT2D eigenvalue weighted by molar-refractivity contribution is 5.66. The zero-order valence-electron chi connectivity index (χ0n) is 34.4. The van der Waals surface area contributed by atoms with Crippen molar-refractivity contribution in [3.05, 3.63) is 0 Å². The van der Waals surface area contributed by atoms with Gasteiger partial charge in [0, 0.05) is 12.8 Å². The van der Waals surface area contributed by atoms with Gasteiger partial charge < -0.3 is 10.2 Å². The van der Waals surface area contributed by atoms with E-state index in [4.69, 9.17) is 10.2 Å². The summed E-state index contributed by atoms with van der Waals surface area (Å²) in [7, 11) is 0. The van der Waals surface area contributed by atoms with Gasteiger partial charge in [0.1, 0.15) is 0 Å². The van der Waals surface area contributed by atoms with E-state index in [0.29, 0.717) is 12.8 Å². The lowest BCUT2D eigenvalue weighted by molar-refractivity contribution is -0.138. The molecule has 0 aliphatic heterocycles. The average Bonchev–Trinajstić information content (AvgIpc) is 3.10. The van der Waals surface area contributed by atoms with Crippen LogP contribution in [0.1, 0.15) is 284 Å². The van der Waals surface area contributed by atoms with Crippen LogP contribution >= 0.6 is 0 Å². The van der Waals surface area contributed by atoms with Gasteiger partial charge in [-0.2, -0.15) is 0 Å². The zero-order chi connectivity index (χ0) is 36.9. The third kappa shape index (κ3) is 53.7. The number of carboxylic acid groups (broad SMARTS) is 2. The number of carbonyl (C=O) groups is 2. The minimum Gasteiger partial charge on any atom is -0.481 e. The minimum atomic E-state index is -0.651. The van der Waals surface area contributed by atoms with Crippen LogP contribution in [-0.4, -0.2) is 22.2 Å². The monoisotopic (exact) mass is 709 g/mol. The first-order valence-electron chi connectivity index (χ1n) is 23.0. The lowest BCUT2D eigenvalue weighted by Gasteiger charge is -2.04. The topological polar surface area (TPSA) is 74.6 Å². The summed E-state index contributed by atoms with van der Waals surface area (Å²) < 4.78 is 0. The molecule has 0 saturated carbocycles. The highest BCUT2D eigenvalue weighted by Gasteiger charge is 1.99. The minimum absolute atomic E-state index is 0.346. The molecule has 300 valence electrons. The largest absolute Gasteiger partial charge is 0.481 e. The van der Waals surface area contributed by atoms with Crippen molar-refractivity contribution >= 4 is 11.9 Å². The van der Waals surface area contributed by atoms with Gasteiger partial charge in [-0.3, -0.25) is 9.59 Å². The van der Waals surface area contributed by atoms with Crippen molar-refractivity contribution in [1.29, 1.82) is 0 Å². The van der Waals surface area contributed by atoms with E-state index in [0.717, 1.165) is 25.7 Å². The van der Waals surface area contributed by atoms with Crippen LogP contribution in [0.15, 0.2) is 0 Å². The number of hydrogen-bond donors (Lipinski definition) is 2. The fourth-order valence-electron chi connectivity index (χ4n) is 7.06. The van der Waals surface area contributed by atoms with Crippen LogP contribution in [0, 0.1) is 0 Å². The lowest BCUT2D eigenvalue weighted by atomic mass is 10.0. The fraction of sp³-hybridized carbons (Fsp3) is 0.957. The smallest absolute Gasteiger partial charge is 0.303 e. The molecule has 0 fully saturated rings. The predicted molar refractivity (Wildman–Crippen MR) is 221 cm³/mol. The van der Waals surface area contributed by atoms with Crippen molar-refractivity contribution in [3.8, 4) is 0 Å². The summed E-state index contributed by atoms with van der Waals surface area (Å²) in [6.45, 7) is 4.57. The van der Waals surface area contributed by atoms with Crippen molar-refractivity contribution < 1.29 is 19.8 Å². The quantitative estimate of drug-likeness (QED) is 0.0619. The molecule has 0 amide bonds. The molecule has 0 radical (unpaired) electrons. The third-order valence-corrected chi connectivity index (χ3v) is 10.5. The van der Waals surface area contributed by atoms with Crippen molar-refractivity contribution in [2.24, 2.45) is 0 Å². The van der Waals surface area contributed by atoms with Gasteiger partial charge in [0.05, 0.1) is 0 Å². The van der Waals surface area contributed by atoms with E-state index in [9.17, 15) is 9.59 Å². The Balaban J connectivity index is 0. The molecule has 0 unspecified atom stereocenters. The number of carboxylic acids is 2. The molecule has 0 bridgehead atoms. The second-order valence-corrected chi connectivity index (χ2v) is 15.7. The van der Waals surface area contributed by atoms with Gasteiger partial charge in [0.25, 0.3) is 0 Å². The molecule has 0 rings (SSSR count). The van der Waals surface area contributed by atoms with Crippen molar-refractivity contribution in [2.45, 2.75) is 284 Å². The normalized spacial score (nSPS) is 11.1. The van der Waals surface area contributed by atoms with Crippen LogP contribution in [0.25, 0.3) is 0 Å². The van der Waals surface area contributed by atoms with Gasteiger partial charge >= 0.3 is 11.9 Å². The van der Waals surface area contributed by atoms with Crippen LogP contribution in [-0.2, 0) is 9.59 Å². The molecule has 0 atom stereocenters. The molecule has 0 aromatic carbocycles. The van der Waals surface area contributed by atoms with Crippen molar-refractivity contribution in [2.75, 3.05) is 0 Å². The molecule has 0 saturated heterocycles. The average molecular weight is 709 g/mol. The first-order chi connectivity index (χ1) is 24.5. The molecular formula is C46H92O4. The molecule has 50 heavy (non-hydrogen) atoms. The Labute approximate surface area is 314 Å². The SMILES string of the molecule is CCCCCCCCCCCCCCCCCCCCCC(=O)O.CCCCCCCCCCCCCCCCCCCCCCCC(=O)O. The van der Waals surface area contributed by atoms with Gasteiger partial charge in [-0.1, -0.05) is 258 Å². The molecule has 0 aromatic rings. The molecule has 2 N–H and O–H groups in total. The van der Waals surface area contributed by atoms with E-state index < -0.39 is 11.9 Å². The maximum atomic E-state index is 10.4. The standard InChI is InChI=1S/C24H48O2.C22H44O2/c1-2-3-4-5-6-7-8-9-10-11-12-13-14-15-16-17-18-19-20-21-22-23-24(25)26;1-2-3-4-5-6-7-8-9-10-11-12-13-14-15-16-17-18-19-20-21-22(23)24/h2-23H2,1H3,(H,25,26);2-21H2,1H3,(H,23,24). The van der Waals surface area contributed by atoms with Crippen LogP contribution in [0.5, 0.6) is 0 Å². The summed E-state index contributed by atoms with van der Waals surface area (Å²) in [5, 5.41) is 17.1. The summed E-state index contributed by atoms with van der Waals surface area (Å²) in [5.41, 5.74) is 0. The molecule has 4 heteroatoms. The van der Waals surface area contributed by atoms with Crippen molar-refractivity contribution in [1.82, 2.24) is 0 Å². The van der Waals surface area contributed by atoms with Crippen LogP contribution in [0.4, 0.5) is 0 Å². The summed E-state index contributed by atoms with van der Waals surface area (Å²) in [5.74, 6) is -1.30. The van der Waals surface area contributed by atoms with Gasteiger partial charge in [-0.25, -0.2) is 0 Å². The number of rotatable bonds is 42. The predicted octanol–water partition coefficient (Wildman–Crippen LogP) is 16.6. The molecule has 0 heterocycles. The van der Waals surface area contributed by atoms with E-state index in [-0.39, 0.29) is 0 Å². The third-order valence-electron chi connectivity index (χ3n) is 10.5. The second-order valence-electron chi connectivity index (χ2n) is 15.7. The Morgan fingerprint density at radius 1 is 0.240 bits per heavy atom. The van der Waals surface area contributed by atoms with E-state index in [1.54, 1.807) is 0 Å². The summed E-state index contributed by atoms with van der Waals surface area (Å²) in [6.07, 6.45) is 55.2. The van der Waals surface area contributed by atoms with Gasteiger partial charge in [-0.05, 0) is 12.8 Å². The Morgan fingerprint density at radius 3 is 0.480 bits per heavy atom. The number of unbranched alkanes of at least 4 members (excludes halogenated alkanes) is 38. The van der Waals surface area contributed by atoms with E-state index >= 15 is 0 Å². The maximum absolute atomic E-state index is 10.4. The summed E-state index contributed by atoms with van der Waals surface area (Å²) >= 11 is 0. The highest BCUT2D eigenvalue weighted by atomic mass is 16.4. The maximum Gasteiger partial charge on any atom is 0.303 e. The molecule has 0 aliphatic carbocycles. The van der Waals surface area contributed by atoms with Gasteiger partial charge in [-0.15, -0.1) is 0 Å². The van der Waals surface area contributed by atoms with Gasteiger partial charge in [0.2, 0.25) is 0 Å². The molecule has 0 aromatic heterocycles. The van der Waals surface area contributed by atoms with Crippen LogP contribution < -0.4 is 0 Å². The highest BCUT2D eigenvalue weighted by Crippen LogP contribution is 2.17.